The number of hydrogen-bond acceptors (Lipinski definition) is 2. The lowest BCUT2D eigenvalue weighted by Crippen LogP contribution is -2.34. The lowest BCUT2D eigenvalue weighted by molar-refractivity contribution is 0.402. The molecule has 0 aliphatic heterocycles. The molecular weight excluding hydrogens is 369 g/mol. The smallest absolute Gasteiger partial charge is 0.174 e. The van der Waals surface area contributed by atoms with Gasteiger partial charge in [0.25, 0.3) is 0 Å². The van der Waals surface area contributed by atoms with Gasteiger partial charge in [-0.2, -0.15) is 0 Å². The molecule has 0 unspecified atom stereocenters. The van der Waals surface area contributed by atoms with Gasteiger partial charge in [0, 0.05) is 41.8 Å². The van der Waals surface area contributed by atoms with Crippen LogP contribution in [0.15, 0.2) is 73.1 Å². The zero-order valence-electron chi connectivity index (χ0n) is 13.9. The largest absolute Gasteiger partial charge is 0.340 e. The van der Waals surface area contributed by atoms with E-state index in [0.717, 1.165) is 11.3 Å². The monoisotopic (exact) mass is 385 g/mol. The number of pyridine rings is 1. The summed E-state index contributed by atoms with van der Waals surface area (Å²) in [5, 5.41) is 4.34. The Bertz CT molecular complexity index is 872. The van der Waals surface area contributed by atoms with Crippen molar-refractivity contribution in [3.05, 3.63) is 95.0 Å². The van der Waals surface area contributed by atoms with Crippen LogP contribution in [0.3, 0.4) is 0 Å². The van der Waals surface area contributed by atoms with E-state index >= 15 is 0 Å². The van der Waals surface area contributed by atoms with Gasteiger partial charge >= 0.3 is 0 Å². The van der Waals surface area contributed by atoms with E-state index in [1.807, 2.05) is 35.2 Å². The van der Waals surface area contributed by atoms with Crippen molar-refractivity contribution >= 4 is 34.6 Å². The quantitative estimate of drug-likeness (QED) is 0.605. The molecule has 26 heavy (non-hydrogen) atoms. The van der Waals surface area contributed by atoms with E-state index in [0.29, 0.717) is 28.8 Å². The summed E-state index contributed by atoms with van der Waals surface area (Å²) < 4.78 is 14.1. The fraction of sp³-hybridized carbons (Fsp3) is 0.100. The van der Waals surface area contributed by atoms with E-state index in [1.54, 1.807) is 36.7 Å². The Hall–Kier alpha value is -2.50. The number of benzene rings is 2. The summed E-state index contributed by atoms with van der Waals surface area (Å²) >= 11 is 11.5. The molecule has 2 aromatic carbocycles. The van der Waals surface area contributed by atoms with Crippen molar-refractivity contribution < 1.29 is 4.39 Å². The minimum absolute atomic E-state index is 0.252. The fourth-order valence-corrected chi connectivity index (χ4v) is 2.85. The zero-order valence-corrected chi connectivity index (χ0v) is 15.5. The standard InChI is InChI=1S/C20H17ClFN3S/c21-17-7-9-18(10-8-17)24-20(26)25(13-15-4-3-11-23-12-15)14-16-5-1-2-6-19(16)22/h1-12H,13-14H2,(H,24,26). The Balaban J connectivity index is 1.80. The molecule has 0 fully saturated rings. The third-order valence-electron chi connectivity index (χ3n) is 3.80. The van der Waals surface area contributed by atoms with Crippen LogP contribution >= 0.6 is 23.8 Å². The van der Waals surface area contributed by atoms with Crippen LogP contribution in [-0.4, -0.2) is 15.0 Å². The molecule has 0 saturated heterocycles. The van der Waals surface area contributed by atoms with Gasteiger partial charge in [0.15, 0.2) is 5.11 Å². The van der Waals surface area contributed by atoms with Gasteiger partial charge in [-0.05, 0) is 54.2 Å². The second-order valence-electron chi connectivity index (χ2n) is 5.75. The second kappa shape index (κ2) is 8.74. The Morgan fingerprint density at radius 2 is 1.81 bits per heavy atom. The average molecular weight is 386 g/mol. The fourth-order valence-electron chi connectivity index (χ4n) is 2.48. The van der Waals surface area contributed by atoms with Crippen LogP contribution in [-0.2, 0) is 13.1 Å². The van der Waals surface area contributed by atoms with Crippen molar-refractivity contribution in [3.63, 3.8) is 0 Å². The highest BCUT2D eigenvalue weighted by molar-refractivity contribution is 7.80. The number of hydrogen-bond donors (Lipinski definition) is 1. The van der Waals surface area contributed by atoms with Crippen molar-refractivity contribution in [2.75, 3.05) is 5.32 Å². The molecule has 3 rings (SSSR count). The zero-order chi connectivity index (χ0) is 18.4. The minimum atomic E-state index is -0.252. The number of halogens is 2. The first-order valence-corrected chi connectivity index (χ1v) is 8.84. The SMILES string of the molecule is Fc1ccccc1CN(Cc1cccnc1)C(=S)Nc1ccc(Cl)cc1. The van der Waals surface area contributed by atoms with Crippen LogP contribution in [0.2, 0.25) is 5.02 Å². The summed E-state index contributed by atoms with van der Waals surface area (Å²) in [6.07, 6.45) is 3.49. The van der Waals surface area contributed by atoms with Crippen LogP contribution < -0.4 is 5.32 Å². The molecule has 0 atom stereocenters. The molecule has 0 spiro atoms. The molecule has 0 amide bonds. The Morgan fingerprint density at radius 3 is 2.50 bits per heavy atom. The maximum atomic E-state index is 14.1. The molecule has 0 radical (unpaired) electrons. The maximum absolute atomic E-state index is 14.1. The van der Waals surface area contributed by atoms with Gasteiger partial charge in [0.2, 0.25) is 0 Å². The Labute approximate surface area is 162 Å². The number of nitrogens with zero attached hydrogens (tertiary/aromatic N) is 2. The first-order valence-electron chi connectivity index (χ1n) is 8.05. The molecule has 0 saturated carbocycles. The summed E-state index contributed by atoms with van der Waals surface area (Å²) in [4.78, 5) is 6.04. The van der Waals surface area contributed by atoms with Gasteiger partial charge in [-0.3, -0.25) is 4.98 Å². The molecule has 132 valence electrons. The van der Waals surface area contributed by atoms with Gasteiger partial charge in [-0.25, -0.2) is 4.39 Å². The van der Waals surface area contributed by atoms with Crippen LogP contribution in [0.25, 0.3) is 0 Å². The second-order valence-corrected chi connectivity index (χ2v) is 6.57. The molecular formula is C20H17ClFN3S. The molecule has 6 heteroatoms. The van der Waals surface area contributed by atoms with Crippen LogP contribution in [0.1, 0.15) is 11.1 Å². The maximum Gasteiger partial charge on any atom is 0.174 e. The van der Waals surface area contributed by atoms with E-state index in [-0.39, 0.29) is 5.82 Å². The van der Waals surface area contributed by atoms with Crippen LogP contribution in [0.4, 0.5) is 10.1 Å². The molecule has 3 nitrogen and oxygen atoms in total. The highest BCUT2D eigenvalue weighted by Gasteiger charge is 2.14. The minimum Gasteiger partial charge on any atom is -0.340 e. The first-order chi connectivity index (χ1) is 12.6. The topological polar surface area (TPSA) is 28.2 Å². The average Bonchev–Trinajstić information content (AvgIpc) is 2.65. The highest BCUT2D eigenvalue weighted by atomic mass is 35.5. The van der Waals surface area contributed by atoms with Gasteiger partial charge in [-0.1, -0.05) is 35.9 Å². The number of nitrogens with one attached hydrogen (secondary N) is 1. The molecule has 3 aromatic rings. The lowest BCUT2D eigenvalue weighted by Gasteiger charge is -2.26. The van der Waals surface area contributed by atoms with Crippen molar-refractivity contribution in [1.29, 1.82) is 0 Å². The number of anilines is 1. The van der Waals surface area contributed by atoms with Crippen molar-refractivity contribution in [2.45, 2.75) is 13.1 Å². The van der Waals surface area contributed by atoms with E-state index in [1.165, 1.54) is 6.07 Å². The van der Waals surface area contributed by atoms with Crippen molar-refractivity contribution in [3.8, 4) is 0 Å². The number of aromatic nitrogens is 1. The predicted octanol–water partition coefficient (Wildman–Crippen LogP) is 5.27. The Kier molecular flexibility index (Phi) is 6.15. The van der Waals surface area contributed by atoms with E-state index < -0.39 is 0 Å². The molecule has 0 aliphatic rings. The van der Waals surface area contributed by atoms with E-state index in [4.69, 9.17) is 23.8 Å². The molecule has 1 aromatic heterocycles. The van der Waals surface area contributed by atoms with E-state index in [9.17, 15) is 4.39 Å². The van der Waals surface area contributed by atoms with Crippen LogP contribution in [0.5, 0.6) is 0 Å². The Morgan fingerprint density at radius 1 is 1.04 bits per heavy atom. The lowest BCUT2D eigenvalue weighted by atomic mass is 10.2. The number of rotatable bonds is 5. The summed E-state index contributed by atoms with van der Waals surface area (Å²) in [5.74, 6) is -0.252. The highest BCUT2D eigenvalue weighted by Crippen LogP contribution is 2.17. The molecule has 1 N–H and O–H groups in total. The van der Waals surface area contributed by atoms with Gasteiger partial charge in [0.05, 0.1) is 0 Å². The summed E-state index contributed by atoms with van der Waals surface area (Å²) in [7, 11) is 0. The molecule has 0 bridgehead atoms. The van der Waals surface area contributed by atoms with Gasteiger partial charge < -0.3 is 10.2 Å². The van der Waals surface area contributed by atoms with Crippen molar-refractivity contribution in [2.24, 2.45) is 0 Å². The first kappa shape index (κ1) is 18.3. The third-order valence-corrected chi connectivity index (χ3v) is 4.41. The van der Waals surface area contributed by atoms with Crippen LogP contribution in [0, 0.1) is 5.82 Å². The molecule has 1 heterocycles. The third kappa shape index (κ3) is 5.00. The number of thiocarbonyl (C=S) groups is 1. The summed E-state index contributed by atoms with van der Waals surface area (Å²) in [6.45, 7) is 0.864. The van der Waals surface area contributed by atoms with Gasteiger partial charge in [0.1, 0.15) is 5.82 Å². The van der Waals surface area contributed by atoms with E-state index in [2.05, 4.69) is 10.3 Å². The predicted molar refractivity (Wildman–Crippen MR) is 108 cm³/mol. The van der Waals surface area contributed by atoms with Crippen molar-refractivity contribution in [1.82, 2.24) is 9.88 Å². The summed E-state index contributed by atoms with van der Waals surface area (Å²) in [5.41, 5.74) is 2.39. The summed E-state index contributed by atoms with van der Waals surface area (Å²) in [6, 6.07) is 17.8. The normalized spacial score (nSPS) is 10.4. The van der Waals surface area contributed by atoms with Gasteiger partial charge in [-0.15, -0.1) is 0 Å². The molecule has 0 aliphatic carbocycles.